The van der Waals surface area contributed by atoms with E-state index >= 15 is 8.78 Å². The summed E-state index contributed by atoms with van der Waals surface area (Å²) in [6, 6.07) is 17.0. The van der Waals surface area contributed by atoms with Gasteiger partial charge in [0, 0.05) is 37.8 Å². The smallest absolute Gasteiger partial charge is 0.257 e. The molecule has 0 aromatic heterocycles. The van der Waals surface area contributed by atoms with E-state index in [1.807, 2.05) is 36.4 Å². The number of anilines is 1. The Balaban J connectivity index is 1.29. The monoisotopic (exact) mass is 581 g/mol. The van der Waals surface area contributed by atoms with E-state index in [0.29, 0.717) is 30.0 Å². The lowest BCUT2D eigenvalue weighted by molar-refractivity contribution is -0.0245. The van der Waals surface area contributed by atoms with Gasteiger partial charge in [-0.2, -0.15) is 0 Å². The quantitative estimate of drug-likeness (QED) is 0.301. The van der Waals surface area contributed by atoms with E-state index in [1.165, 1.54) is 17.0 Å². The van der Waals surface area contributed by atoms with E-state index in [0.717, 1.165) is 69.9 Å². The van der Waals surface area contributed by atoms with Crippen LogP contribution in [0.2, 0.25) is 0 Å². The number of fused-ring (bicyclic) bond motifs is 1. The van der Waals surface area contributed by atoms with Crippen molar-refractivity contribution >= 4 is 5.69 Å². The lowest BCUT2D eigenvalue weighted by Crippen LogP contribution is -2.43. The van der Waals surface area contributed by atoms with Crippen molar-refractivity contribution in [1.82, 2.24) is 10.2 Å². The zero-order valence-corrected chi connectivity index (χ0v) is 24.2. The summed E-state index contributed by atoms with van der Waals surface area (Å²) < 4.78 is 66.7. The van der Waals surface area contributed by atoms with Crippen molar-refractivity contribution in [2.24, 2.45) is 5.41 Å². The molecule has 2 fully saturated rings. The predicted octanol–water partition coefficient (Wildman–Crippen LogP) is 7.12. The molecule has 0 aliphatic carbocycles. The van der Waals surface area contributed by atoms with Crippen molar-refractivity contribution < 1.29 is 22.3 Å². The third-order valence-electron chi connectivity index (χ3n) is 9.21. The van der Waals surface area contributed by atoms with Crippen LogP contribution in [-0.4, -0.2) is 50.1 Å². The van der Waals surface area contributed by atoms with Gasteiger partial charge in [-0.25, -0.2) is 17.6 Å². The molecule has 3 aliphatic rings. The second-order valence-electron chi connectivity index (χ2n) is 12.4. The minimum atomic E-state index is -3.02. The van der Waals surface area contributed by atoms with Gasteiger partial charge in [0.1, 0.15) is 24.0 Å². The molecule has 3 aromatic rings. The van der Waals surface area contributed by atoms with Gasteiger partial charge >= 0.3 is 0 Å². The van der Waals surface area contributed by atoms with Gasteiger partial charge in [-0.1, -0.05) is 36.4 Å². The number of hydrogen-bond donors (Lipinski definition) is 1. The Morgan fingerprint density at radius 3 is 2.50 bits per heavy atom. The summed E-state index contributed by atoms with van der Waals surface area (Å²) in [6.07, 6.45) is 4.76. The average molecular weight is 582 g/mol. The van der Waals surface area contributed by atoms with Crippen molar-refractivity contribution in [3.63, 3.8) is 0 Å². The number of nitrogens with zero attached hydrogens (tertiary/aromatic N) is 2. The third-order valence-corrected chi connectivity index (χ3v) is 9.21. The molecule has 2 atom stereocenters. The topological polar surface area (TPSA) is 27.7 Å². The number of rotatable bonds is 7. The molecule has 6 rings (SSSR count). The largest absolute Gasteiger partial charge is 0.489 e. The third kappa shape index (κ3) is 6.30. The van der Waals surface area contributed by atoms with Gasteiger partial charge in [0.15, 0.2) is 0 Å². The summed E-state index contributed by atoms with van der Waals surface area (Å²) in [7, 11) is 0. The number of ether oxygens (including phenoxy) is 1. The maximum Gasteiger partial charge on any atom is 0.257 e. The molecule has 0 radical (unpaired) electrons. The van der Waals surface area contributed by atoms with E-state index < -0.39 is 30.1 Å². The molecule has 1 N–H and O–H groups in total. The first-order valence-corrected chi connectivity index (χ1v) is 15.1. The van der Waals surface area contributed by atoms with E-state index in [2.05, 4.69) is 10.2 Å². The van der Waals surface area contributed by atoms with Crippen LogP contribution in [0, 0.1) is 17.0 Å². The molecule has 3 aromatic carbocycles. The molecule has 0 saturated carbocycles. The van der Waals surface area contributed by atoms with Gasteiger partial charge < -0.3 is 15.0 Å². The number of benzene rings is 3. The summed E-state index contributed by atoms with van der Waals surface area (Å²) in [6.45, 7) is 4.41. The number of halogens is 4. The molecular weight excluding hydrogens is 542 g/mol. The van der Waals surface area contributed by atoms with Crippen LogP contribution >= 0.6 is 0 Å². The van der Waals surface area contributed by atoms with E-state index in [4.69, 9.17) is 4.74 Å². The first-order chi connectivity index (χ1) is 20.2. The second kappa shape index (κ2) is 11.9. The molecular formula is C34H39F4N3O. The van der Waals surface area contributed by atoms with Gasteiger partial charge in [-0.15, -0.1) is 0 Å². The molecule has 42 heavy (non-hydrogen) atoms. The van der Waals surface area contributed by atoms with Gasteiger partial charge in [-0.3, -0.25) is 4.90 Å². The molecule has 3 aliphatic heterocycles. The number of alkyl halides is 2. The first-order valence-electron chi connectivity index (χ1n) is 15.1. The van der Waals surface area contributed by atoms with Crippen LogP contribution in [0.1, 0.15) is 60.9 Å². The fourth-order valence-corrected chi connectivity index (χ4v) is 7.12. The van der Waals surface area contributed by atoms with Crippen LogP contribution in [-0.2, 0) is 13.0 Å². The van der Waals surface area contributed by atoms with Crippen molar-refractivity contribution in [3.05, 3.63) is 94.6 Å². The Hall–Kier alpha value is -3.10. The van der Waals surface area contributed by atoms with Gasteiger partial charge in [0.2, 0.25) is 0 Å². The Labute approximate surface area is 245 Å². The normalized spacial score (nSPS) is 23.2. The van der Waals surface area contributed by atoms with Crippen LogP contribution in [0.25, 0.3) is 0 Å². The minimum Gasteiger partial charge on any atom is -0.489 e. The van der Waals surface area contributed by atoms with Gasteiger partial charge in [-0.05, 0) is 91.6 Å². The molecule has 3 heterocycles. The molecule has 8 heteroatoms. The van der Waals surface area contributed by atoms with Crippen LogP contribution < -0.4 is 15.0 Å². The second-order valence-corrected chi connectivity index (χ2v) is 12.4. The minimum absolute atomic E-state index is 0.168. The highest BCUT2D eigenvalue weighted by Gasteiger charge is 2.40. The molecule has 4 nitrogen and oxygen atoms in total. The average Bonchev–Trinajstić information content (AvgIpc) is 3.24. The Kier molecular flexibility index (Phi) is 8.20. The molecule has 224 valence electrons. The van der Waals surface area contributed by atoms with Crippen molar-refractivity contribution in [1.29, 1.82) is 0 Å². The van der Waals surface area contributed by atoms with Crippen LogP contribution in [0.4, 0.5) is 23.2 Å². The maximum absolute atomic E-state index is 16.0. The van der Waals surface area contributed by atoms with Crippen LogP contribution in [0.5, 0.6) is 5.75 Å². The summed E-state index contributed by atoms with van der Waals surface area (Å²) in [5.74, 6) is -3.77. The fraction of sp³-hybridized carbons (Fsp3) is 0.471. The number of nitrogens with one attached hydrogen (secondary N) is 1. The van der Waals surface area contributed by atoms with E-state index in [1.54, 1.807) is 12.1 Å². The van der Waals surface area contributed by atoms with E-state index in [9.17, 15) is 8.78 Å². The lowest BCUT2D eigenvalue weighted by Gasteiger charge is -2.39. The molecule has 0 amide bonds. The van der Waals surface area contributed by atoms with Crippen LogP contribution in [0.3, 0.4) is 0 Å². The van der Waals surface area contributed by atoms with Crippen LogP contribution in [0.15, 0.2) is 60.7 Å². The highest BCUT2D eigenvalue weighted by atomic mass is 19.3. The van der Waals surface area contributed by atoms with Gasteiger partial charge in [0.25, 0.3) is 5.92 Å². The summed E-state index contributed by atoms with van der Waals surface area (Å²) in [5.41, 5.74) is 3.03. The summed E-state index contributed by atoms with van der Waals surface area (Å²) >= 11 is 0. The Morgan fingerprint density at radius 1 is 0.952 bits per heavy atom. The Morgan fingerprint density at radius 2 is 1.74 bits per heavy atom. The zero-order valence-electron chi connectivity index (χ0n) is 24.2. The summed E-state index contributed by atoms with van der Waals surface area (Å²) in [4.78, 5) is 3.60. The SMILES string of the molecule is CC(F)(F)CN1CCc2cc(OCc3ccccc3)ccc2C1c1c(F)cc(N2CCC3(CCCNCC3)C2)cc1F. The lowest BCUT2D eigenvalue weighted by atomic mass is 9.80. The van der Waals surface area contributed by atoms with Crippen molar-refractivity contribution in [2.75, 3.05) is 44.2 Å². The Bertz CT molecular complexity index is 1360. The molecule has 2 saturated heterocycles. The highest BCUT2D eigenvalue weighted by Crippen LogP contribution is 2.44. The van der Waals surface area contributed by atoms with Crippen molar-refractivity contribution in [3.8, 4) is 5.75 Å². The molecule has 1 spiro atoms. The van der Waals surface area contributed by atoms with Gasteiger partial charge in [0.05, 0.1) is 12.6 Å². The zero-order chi connectivity index (χ0) is 29.3. The standard InChI is InChI=1S/C34H39F4N3O/c1-33(37,38)22-41-16-10-25-18-27(42-21-24-6-3-2-4-7-24)8-9-28(25)32(41)31-29(35)19-26(20-30(31)36)40-17-13-34(23-40)11-5-14-39-15-12-34/h2-4,6-9,18-20,32,39H,5,10-17,21-23H2,1H3. The summed E-state index contributed by atoms with van der Waals surface area (Å²) in [5, 5.41) is 3.46. The maximum atomic E-state index is 16.0. The van der Waals surface area contributed by atoms with E-state index in [-0.39, 0.29) is 17.5 Å². The predicted molar refractivity (Wildman–Crippen MR) is 157 cm³/mol. The molecule has 2 unspecified atom stereocenters. The highest BCUT2D eigenvalue weighted by molar-refractivity contribution is 5.53. The number of hydrogen-bond acceptors (Lipinski definition) is 4. The fourth-order valence-electron chi connectivity index (χ4n) is 7.12. The first kappa shape index (κ1) is 29.0. The molecule has 0 bridgehead atoms. The van der Waals surface area contributed by atoms with Crippen molar-refractivity contribution in [2.45, 2.75) is 57.6 Å².